The molecule has 0 bridgehead atoms. The minimum absolute atomic E-state index is 0.522. The van der Waals surface area contributed by atoms with Gasteiger partial charge in [0.15, 0.2) is 11.2 Å². The molecule has 4 heteroatoms. The lowest BCUT2D eigenvalue weighted by Gasteiger charge is -2.35. The molecule has 85 heavy (non-hydrogen) atoms. The first kappa shape index (κ1) is 49.9. The highest BCUT2D eigenvalue weighted by molar-refractivity contribution is 6.14. The Morgan fingerprint density at radius 2 is 0.671 bits per heavy atom. The lowest BCUT2D eigenvalue weighted by molar-refractivity contribution is 0.442. The summed E-state index contributed by atoms with van der Waals surface area (Å²) in [5, 5.41) is 9.49. The summed E-state index contributed by atoms with van der Waals surface area (Å²) < 4.78 is 14.4. The average Bonchev–Trinajstić information content (AvgIpc) is 1.99. The van der Waals surface area contributed by atoms with Crippen LogP contribution in [0.5, 0.6) is 0 Å². The summed E-state index contributed by atoms with van der Waals surface area (Å²) in [5.74, 6) is 1.04. The van der Waals surface area contributed by atoms with E-state index < -0.39 is 5.41 Å². The second-order valence-electron chi connectivity index (χ2n) is 24.2. The van der Waals surface area contributed by atoms with Crippen molar-refractivity contribution in [2.75, 3.05) is 9.80 Å². The Labute approximate surface area is 496 Å². The van der Waals surface area contributed by atoms with Gasteiger partial charge in [0, 0.05) is 44.3 Å². The van der Waals surface area contributed by atoms with E-state index >= 15 is 0 Å². The Morgan fingerprint density at radius 1 is 0.294 bits per heavy atom. The van der Waals surface area contributed by atoms with Gasteiger partial charge < -0.3 is 18.6 Å². The lowest BCUT2D eigenvalue weighted by Crippen LogP contribution is -2.29. The summed E-state index contributed by atoms with van der Waals surface area (Å²) in [6.45, 7) is 0. The van der Waals surface area contributed by atoms with E-state index in [1.165, 1.54) is 141 Å². The number of anilines is 6. The molecule has 0 N–H and O–H groups in total. The van der Waals surface area contributed by atoms with Crippen LogP contribution < -0.4 is 9.80 Å². The Hall–Kier alpha value is -9.64. The average molecular weight is 1100 g/mol. The predicted molar refractivity (Wildman–Crippen MR) is 354 cm³/mol. The van der Waals surface area contributed by atoms with Crippen LogP contribution in [-0.2, 0) is 5.41 Å². The normalized spacial score (nSPS) is 15.3. The van der Waals surface area contributed by atoms with Crippen LogP contribution in [-0.4, -0.2) is 0 Å². The Balaban J connectivity index is 0.851. The van der Waals surface area contributed by atoms with Crippen molar-refractivity contribution in [3.05, 3.63) is 288 Å². The summed E-state index contributed by atoms with van der Waals surface area (Å²) in [7, 11) is 0. The maximum atomic E-state index is 7.20. The zero-order chi connectivity index (χ0) is 56.0. The zero-order valence-electron chi connectivity index (χ0n) is 47.7. The summed E-state index contributed by atoms with van der Waals surface area (Å²) in [5.41, 5.74) is 19.9. The molecular weight excluding hydrogens is 1030 g/mol. The molecule has 2 aromatic heterocycles. The molecule has 17 rings (SSSR count). The largest absolute Gasteiger partial charge is 0.454 e. The molecule has 2 saturated carbocycles. The number of benzene rings is 12. The predicted octanol–water partition coefficient (Wildman–Crippen LogP) is 23.2. The van der Waals surface area contributed by atoms with Crippen LogP contribution in [0.4, 0.5) is 34.1 Å². The van der Waals surface area contributed by atoms with Gasteiger partial charge in [-0.25, -0.2) is 0 Å². The fourth-order valence-electron chi connectivity index (χ4n) is 15.9. The molecule has 2 heterocycles. The van der Waals surface area contributed by atoms with Gasteiger partial charge in [-0.15, -0.1) is 0 Å². The summed E-state index contributed by atoms with van der Waals surface area (Å²) >= 11 is 0. The Kier molecular flexibility index (Phi) is 11.9. The zero-order valence-corrected chi connectivity index (χ0v) is 47.7. The topological polar surface area (TPSA) is 32.8 Å². The van der Waals surface area contributed by atoms with Crippen LogP contribution in [0.3, 0.4) is 0 Å². The van der Waals surface area contributed by atoms with Crippen LogP contribution in [0.15, 0.2) is 264 Å². The number of para-hydroxylation sites is 6. The molecule has 4 nitrogen and oxygen atoms in total. The molecule has 12 aromatic carbocycles. The fourth-order valence-corrected chi connectivity index (χ4v) is 15.9. The summed E-state index contributed by atoms with van der Waals surface area (Å²) in [6.07, 6.45) is 12.6. The molecular formula is C81H64N2O2. The van der Waals surface area contributed by atoms with Crippen LogP contribution in [0.2, 0.25) is 0 Å². The molecule has 0 unspecified atom stereocenters. The molecule has 3 aliphatic carbocycles. The minimum Gasteiger partial charge on any atom is -0.454 e. The third kappa shape index (κ3) is 7.87. The molecule has 0 amide bonds. The van der Waals surface area contributed by atoms with Crippen molar-refractivity contribution < 1.29 is 8.83 Å². The monoisotopic (exact) mass is 1100 g/mol. The SMILES string of the molecule is c1ccc(N(c2ccc3c4c(ccc3c2)-c2ccc3cc(N(c5ccccc5)c5cccc6c5oc5c(C7CCCCC7)cccc56)ccc3c2C4(c2ccccc2)c2ccccc2)c2cccc3c2oc2c(C4CCCCC4)cccc23)cc1. The molecule has 0 atom stereocenters. The highest BCUT2D eigenvalue weighted by Crippen LogP contribution is 2.61. The number of rotatable bonds is 10. The van der Waals surface area contributed by atoms with Crippen LogP contribution in [0.1, 0.15) is 109 Å². The quantitative estimate of drug-likeness (QED) is 0.137. The maximum absolute atomic E-state index is 7.20. The number of furan rings is 2. The van der Waals surface area contributed by atoms with Crippen molar-refractivity contribution >= 4 is 99.5 Å². The van der Waals surface area contributed by atoms with Gasteiger partial charge in [0.2, 0.25) is 0 Å². The molecule has 410 valence electrons. The van der Waals surface area contributed by atoms with Crippen molar-refractivity contribution in [3.8, 4) is 11.1 Å². The number of nitrogens with zero attached hydrogens (tertiary/aromatic N) is 2. The number of fused-ring (bicyclic) bond motifs is 13. The van der Waals surface area contributed by atoms with E-state index in [2.05, 4.69) is 265 Å². The molecule has 0 radical (unpaired) electrons. The van der Waals surface area contributed by atoms with E-state index in [0.29, 0.717) is 11.8 Å². The Morgan fingerprint density at radius 3 is 1.08 bits per heavy atom. The first-order valence-corrected chi connectivity index (χ1v) is 31.0. The van der Waals surface area contributed by atoms with Gasteiger partial charge in [-0.1, -0.05) is 233 Å². The first-order chi connectivity index (χ1) is 42.2. The van der Waals surface area contributed by atoms with Crippen molar-refractivity contribution in [3.63, 3.8) is 0 Å². The van der Waals surface area contributed by atoms with Crippen molar-refractivity contribution in [1.29, 1.82) is 0 Å². The van der Waals surface area contributed by atoms with E-state index in [0.717, 1.165) is 67.2 Å². The third-order valence-corrected chi connectivity index (χ3v) is 19.6. The van der Waals surface area contributed by atoms with Gasteiger partial charge in [0.1, 0.15) is 11.2 Å². The van der Waals surface area contributed by atoms with Gasteiger partial charge in [-0.05, 0) is 164 Å². The van der Waals surface area contributed by atoms with Crippen LogP contribution in [0.25, 0.3) is 76.5 Å². The second kappa shape index (κ2) is 20.3. The molecule has 14 aromatic rings. The van der Waals surface area contributed by atoms with Crippen LogP contribution in [0, 0.1) is 0 Å². The highest BCUT2D eigenvalue weighted by Gasteiger charge is 2.48. The lowest BCUT2D eigenvalue weighted by atomic mass is 9.66. The van der Waals surface area contributed by atoms with Gasteiger partial charge in [-0.3, -0.25) is 0 Å². The van der Waals surface area contributed by atoms with Gasteiger partial charge in [0.25, 0.3) is 0 Å². The van der Waals surface area contributed by atoms with E-state index in [1.54, 1.807) is 0 Å². The fraction of sp³-hybridized carbons (Fsp3) is 0.160. The van der Waals surface area contributed by atoms with E-state index in [1.807, 2.05) is 0 Å². The number of hydrogen-bond donors (Lipinski definition) is 0. The van der Waals surface area contributed by atoms with Crippen molar-refractivity contribution in [2.45, 2.75) is 81.5 Å². The van der Waals surface area contributed by atoms with Crippen molar-refractivity contribution in [2.24, 2.45) is 0 Å². The second-order valence-corrected chi connectivity index (χ2v) is 24.2. The molecule has 3 aliphatic rings. The molecule has 0 spiro atoms. The van der Waals surface area contributed by atoms with E-state index in [-0.39, 0.29) is 0 Å². The first-order valence-electron chi connectivity index (χ1n) is 31.0. The minimum atomic E-state index is -0.681. The molecule has 0 saturated heterocycles. The maximum Gasteiger partial charge on any atom is 0.159 e. The summed E-state index contributed by atoms with van der Waals surface area (Å²) in [4.78, 5) is 4.81. The summed E-state index contributed by atoms with van der Waals surface area (Å²) in [6, 6.07) is 95.0. The van der Waals surface area contributed by atoms with E-state index in [4.69, 9.17) is 8.83 Å². The number of hydrogen-bond acceptors (Lipinski definition) is 4. The third-order valence-electron chi connectivity index (χ3n) is 19.6. The van der Waals surface area contributed by atoms with Gasteiger partial charge >= 0.3 is 0 Å². The van der Waals surface area contributed by atoms with E-state index in [9.17, 15) is 0 Å². The van der Waals surface area contributed by atoms with Gasteiger partial charge in [0.05, 0.1) is 16.8 Å². The molecule has 2 fully saturated rings. The highest BCUT2D eigenvalue weighted by atomic mass is 16.3. The standard InChI is InChI=1S/C81H64N2O2/c1-7-23-53(24-8-1)65-35-19-37-69-71-39-21-41-73(79(71)84-77(65)69)82(59-31-15-5-16-32-59)61-45-49-63-55(51-61)43-47-67-68-48-44-56-52-62(46-50-64(56)76(68)81(75(63)67,57-27-11-3-12-28-57)58-29-13-4-14-30-58)83(60-33-17-6-18-34-60)74-42-22-40-72-70-38-20-36-66(78(70)85-80(72)74)54-25-9-2-10-26-54/h3-6,11-22,27-54H,1-2,7-10,23-26H2. The van der Waals surface area contributed by atoms with Crippen molar-refractivity contribution in [1.82, 2.24) is 0 Å². The van der Waals surface area contributed by atoms with Gasteiger partial charge in [-0.2, -0.15) is 0 Å². The Bertz CT molecular complexity index is 4550. The molecule has 0 aliphatic heterocycles. The smallest absolute Gasteiger partial charge is 0.159 e. The van der Waals surface area contributed by atoms with Crippen LogP contribution >= 0.6 is 0 Å².